The van der Waals surface area contributed by atoms with Gasteiger partial charge < -0.3 is 0 Å². The lowest BCUT2D eigenvalue weighted by atomic mass is 9.75. The molecule has 2 nitrogen and oxygen atoms in total. The monoisotopic (exact) mass is 363 g/mol. The highest BCUT2D eigenvalue weighted by Crippen LogP contribution is 2.51. The Morgan fingerprint density at radius 2 is 1.43 bits per heavy atom. The number of para-hydroxylation sites is 1. The third-order valence-electron chi connectivity index (χ3n) is 5.70. The molecule has 0 fully saturated rings. The van der Waals surface area contributed by atoms with Crippen LogP contribution in [0.25, 0.3) is 0 Å². The quantitative estimate of drug-likeness (QED) is 0.570. The molecule has 1 aliphatic heterocycles. The summed E-state index contributed by atoms with van der Waals surface area (Å²) < 4.78 is 0. The van der Waals surface area contributed by atoms with E-state index in [1.54, 1.807) is 0 Å². The maximum atomic E-state index is 13.7. The van der Waals surface area contributed by atoms with Crippen molar-refractivity contribution < 1.29 is 4.79 Å². The van der Waals surface area contributed by atoms with Crippen molar-refractivity contribution in [1.82, 2.24) is 0 Å². The molecule has 0 N–H and O–H groups in total. The summed E-state index contributed by atoms with van der Waals surface area (Å²) in [6.07, 6.45) is 8.73. The van der Waals surface area contributed by atoms with Crippen LogP contribution in [0.4, 0.5) is 5.69 Å². The molecule has 0 aromatic heterocycles. The molecule has 3 aromatic carbocycles. The summed E-state index contributed by atoms with van der Waals surface area (Å²) in [6.45, 7) is 0. The Kier molecular flexibility index (Phi) is 3.98. The first-order chi connectivity index (χ1) is 13.8. The van der Waals surface area contributed by atoms with Crippen molar-refractivity contribution >= 4 is 11.6 Å². The number of nitrogens with zero attached hydrogens (tertiary/aromatic N) is 1. The summed E-state index contributed by atoms with van der Waals surface area (Å²) in [4.78, 5) is 15.7. The summed E-state index contributed by atoms with van der Waals surface area (Å²) in [6, 6.07) is 28.5. The minimum Gasteiger partial charge on any atom is -0.290 e. The number of hydrogen-bond donors (Lipinski definition) is 0. The molecule has 0 saturated heterocycles. The van der Waals surface area contributed by atoms with Crippen molar-refractivity contribution in [2.75, 3.05) is 4.90 Å². The highest BCUT2D eigenvalue weighted by molar-refractivity contribution is 6.14. The number of amides is 1. The highest BCUT2D eigenvalue weighted by Gasteiger charge is 2.53. The van der Waals surface area contributed by atoms with E-state index in [-0.39, 0.29) is 5.91 Å². The Morgan fingerprint density at radius 1 is 0.750 bits per heavy atom. The molecule has 1 unspecified atom stereocenters. The van der Waals surface area contributed by atoms with Crippen LogP contribution in [-0.2, 0) is 5.54 Å². The summed E-state index contributed by atoms with van der Waals surface area (Å²) in [5.41, 5.74) is 4.34. The zero-order valence-electron chi connectivity index (χ0n) is 15.6. The van der Waals surface area contributed by atoms with Gasteiger partial charge in [-0.25, -0.2) is 0 Å². The minimum absolute atomic E-state index is 0.0468. The van der Waals surface area contributed by atoms with E-state index in [1.807, 2.05) is 59.5 Å². The first-order valence-electron chi connectivity index (χ1n) is 9.75. The molecule has 0 bridgehead atoms. The van der Waals surface area contributed by atoms with Gasteiger partial charge in [0.2, 0.25) is 0 Å². The molecule has 2 heteroatoms. The number of rotatable bonds is 3. The number of carbonyl (C=O) groups is 1. The molecule has 1 aliphatic carbocycles. The maximum Gasteiger partial charge on any atom is 0.260 e. The Bertz CT molecular complexity index is 1080. The van der Waals surface area contributed by atoms with E-state index in [1.165, 1.54) is 0 Å². The van der Waals surface area contributed by atoms with Gasteiger partial charge in [0, 0.05) is 11.3 Å². The molecule has 0 spiro atoms. The van der Waals surface area contributed by atoms with E-state index in [0.717, 1.165) is 40.8 Å². The minimum atomic E-state index is -0.660. The second-order valence-electron chi connectivity index (χ2n) is 7.24. The van der Waals surface area contributed by atoms with Gasteiger partial charge in [0.25, 0.3) is 5.91 Å². The van der Waals surface area contributed by atoms with Gasteiger partial charge in [0.15, 0.2) is 0 Å². The molecule has 0 radical (unpaired) electrons. The van der Waals surface area contributed by atoms with Crippen LogP contribution in [0.5, 0.6) is 0 Å². The van der Waals surface area contributed by atoms with Crippen LogP contribution in [0.1, 0.15) is 34.3 Å². The van der Waals surface area contributed by atoms with Crippen molar-refractivity contribution in [3.05, 3.63) is 125 Å². The first-order valence-corrected chi connectivity index (χ1v) is 9.75. The lowest BCUT2D eigenvalue weighted by Gasteiger charge is -2.41. The molecule has 1 atom stereocenters. The van der Waals surface area contributed by atoms with Gasteiger partial charge >= 0.3 is 0 Å². The molecule has 28 heavy (non-hydrogen) atoms. The fourth-order valence-corrected chi connectivity index (χ4v) is 4.56. The van der Waals surface area contributed by atoms with Crippen molar-refractivity contribution in [1.29, 1.82) is 0 Å². The summed E-state index contributed by atoms with van der Waals surface area (Å²) >= 11 is 0. The molecule has 1 heterocycles. The molecular formula is C26H21NO. The first kappa shape index (κ1) is 16.8. The fraction of sp³-hybridized carbons (Fsp3) is 0.115. The Morgan fingerprint density at radius 3 is 2.14 bits per heavy atom. The van der Waals surface area contributed by atoms with Gasteiger partial charge in [-0.2, -0.15) is 0 Å². The van der Waals surface area contributed by atoms with Crippen molar-refractivity contribution in [2.45, 2.75) is 18.4 Å². The third kappa shape index (κ3) is 2.31. The zero-order valence-corrected chi connectivity index (χ0v) is 15.6. The van der Waals surface area contributed by atoms with E-state index in [9.17, 15) is 4.79 Å². The lowest BCUT2D eigenvalue weighted by Crippen LogP contribution is -2.46. The van der Waals surface area contributed by atoms with Crippen LogP contribution < -0.4 is 4.90 Å². The highest BCUT2D eigenvalue weighted by atomic mass is 16.2. The summed E-state index contributed by atoms with van der Waals surface area (Å²) in [5, 5.41) is 0. The topological polar surface area (TPSA) is 20.3 Å². The Hall–Kier alpha value is -3.39. The predicted octanol–water partition coefficient (Wildman–Crippen LogP) is 5.87. The number of carbonyl (C=O) groups excluding carboxylic acids is 1. The van der Waals surface area contributed by atoms with Gasteiger partial charge in [-0.05, 0) is 47.7 Å². The third-order valence-corrected chi connectivity index (χ3v) is 5.70. The molecule has 1 amide bonds. The van der Waals surface area contributed by atoms with Crippen LogP contribution in [0.3, 0.4) is 0 Å². The SMILES string of the molecule is O=C1c2ccccc2C(C2=CCCC=C2)(c2ccccc2)N1c1ccccc1. The molecule has 2 aliphatic rings. The molecule has 136 valence electrons. The van der Waals surface area contributed by atoms with Crippen molar-refractivity contribution in [3.63, 3.8) is 0 Å². The largest absolute Gasteiger partial charge is 0.290 e. The Balaban J connectivity index is 1.90. The van der Waals surface area contributed by atoms with Gasteiger partial charge in [0.1, 0.15) is 5.54 Å². The van der Waals surface area contributed by atoms with E-state index in [0.29, 0.717) is 0 Å². The second kappa shape index (κ2) is 6.65. The van der Waals surface area contributed by atoms with E-state index in [4.69, 9.17) is 0 Å². The zero-order chi connectivity index (χ0) is 19.0. The average Bonchev–Trinajstić information content (AvgIpc) is 3.05. The standard InChI is InChI=1S/C26H21NO/c28-25-23-18-10-11-19-24(23)26(20-12-4-1-5-13-20,21-14-6-2-7-15-21)27(25)22-16-8-3-9-17-22/h1,3-6,8-19H,2,7H2. The second-order valence-corrected chi connectivity index (χ2v) is 7.24. The van der Waals surface area contributed by atoms with Gasteiger partial charge in [-0.15, -0.1) is 0 Å². The summed E-state index contributed by atoms with van der Waals surface area (Å²) in [7, 11) is 0. The van der Waals surface area contributed by atoms with Crippen LogP contribution >= 0.6 is 0 Å². The number of anilines is 1. The normalized spacial score (nSPS) is 20.8. The molecule has 3 aromatic rings. The van der Waals surface area contributed by atoms with Crippen molar-refractivity contribution in [3.8, 4) is 0 Å². The average molecular weight is 363 g/mol. The molecule has 5 rings (SSSR count). The fourth-order valence-electron chi connectivity index (χ4n) is 4.56. The number of hydrogen-bond acceptors (Lipinski definition) is 1. The van der Waals surface area contributed by atoms with E-state index in [2.05, 4.69) is 48.6 Å². The number of benzene rings is 3. The molecule has 0 saturated carbocycles. The van der Waals surface area contributed by atoms with E-state index < -0.39 is 5.54 Å². The lowest BCUT2D eigenvalue weighted by molar-refractivity contribution is 0.0986. The molecular weight excluding hydrogens is 342 g/mol. The maximum absolute atomic E-state index is 13.7. The van der Waals surface area contributed by atoms with Crippen molar-refractivity contribution in [2.24, 2.45) is 0 Å². The number of allylic oxidation sites excluding steroid dienone is 2. The number of fused-ring (bicyclic) bond motifs is 1. The van der Waals surface area contributed by atoms with Crippen LogP contribution in [-0.4, -0.2) is 5.91 Å². The van der Waals surface area contributed by atoms with E-state index >= 15 is 0 Å². The van der Waals surface area contributed by atoms with Gasteiger partial charge in [0.05, 0.1) is 0 Å². The summed E-state index contributed by atoms with van der Waals surface area (Å²) in [5.74, 6) is 0.0468. The Labute approximate surface area is 165 Å². The van der Waals surface area contributed by atoms with Crippen LogP contribution in [0.15, 0.2) is 109 Å². The smallest absolute Gasteiger partial charge is 0.260 e. The van der Waals surface area contributed by atoms with Crippen LogP contribution in [0.2, 0.25) is 0 Å². The van der Waals surface area contributed by atoms with Crippen LogP contribution in [0, 0.1) is 0 Å². The predicted molar refractivity (Wildman–Crippen MR) is 113 cm³/mol. The van der Waals surface area contributed by atoms with Gasteiger partial charge in [-0.3, -0.25) is 9.69 Å². The van der Waals surface area contributed by atoms with Gasteiger partial charge in [-0.1, -0.05) is 85.0 Å².